The maximum Gasteiger partial charge on any atom is 0.150 e. The lowest BCUT2D eigenvalue weighted by atomic mass is 10.4. The predicted molar refractivity (Wildman–Crippen MR) is 52.7 cm³/mol. The van der Waals surface area contributed by atoms with E-state index in [1.165, 1.54) is 0 Å². The van der Waals surface area contributed by atoms with E-state index in [0.717, 1.165) is 18.1 Å². The third-order valence-corrected chi connectivity index (χ3v) is 2.07. The summed E-state index contributed by atoms with van der Waals surface area (Å²) in [6, 6.07) is 1.83. The third-order valence-electron chi connectivity index (χ3n) is 2.07. The molecule has 0 saturated carbocycles. The second kappa shape index (κ2) is 4.70. The largest absolute Gasteiger partial charge is 0.360 e. The molecule has 0 unspecified atom stereocenters. The summed E-state index contributed by atoms with van der Waals surface area (Å²) in [5.41, 5.74) is 0. The van der Waals surface area contributed by atoms with E-state index in [2.05, 4.69) is 20.6 Å². The van der Waals surface area contributed by atoms with Gasteiger partial charge in [-0.3, -0.25) is 0 Å². The lowest BCUT2D eigenvalue weighted by molar-refractivity contribution is 0.371. The zero-order chi connectivity index (χ0) is 10.5. The van der Waals surface area contributed by atoms with Gasteiger partial charge in [0.15, 0.2) is 0 Å². The van der Waals surface area contributed by atoms with E-state index in [1.54, 1.807) is 12.5 Å². The highest BCUT2D eigenvalue weighted by Crippen LogP contribution is 1.97. The average Bonchev–Trinajstić information content (AvgIpc) is 2.88. The minimum atomic E-state index is 0.649. The summed E-state index contributed by atoms with van der Waals surface area (Å²) in [6.45, 7) is 4.19. The zero-order valence-corrected chi connectivity index (χ0v) is 8.55. The summed E-state index contributed by atoms with van der Waals surface area (Å²) >= 11 is 0. The van der Waals surface area contributed by atoms with Gasteiger partial charge >= 0.3 is 0 Å². The van der Waals surface area contributed by atoms with Gasteiger partial charge in [-0.05, 0) is 6.92 Å². The SMILES string of the molecule is CCn1ncnc1CNCc1ccno1. The van der Waals surface area contributed by atoms with Crippen molar-refractivity contribution in [3.63, 3.8) is 0 Å². The van der Waals surface area contributed by atoms with Crippen molar-refractivity contribution in [1.29, 1.82) is 0 Å². The molecule has 80 valence electrons. The van der Waals surface area contributed by atoms with Crippen LogP contribution in [-0.4, -0.2) is 19.9 Å². The lowest BCUT2D eigenvalue weighted by Gasteiger charge is -2.03. The summed E-state index contributed by atoms with van der Waals surface area (Å²) < 4.78 is 6.81. The van der Waals surface area contributed by atoms with Gasteiger partial charge in [0.1, 0.15) is 17.9 Å². The fraction of sp³-hybridized carbons (Fsp3) is 0.444. The number of nitrogens with one attached hydrogen (secondary N) is 1. The van der Waals surface area contributed by atoms with Gasteiger partial charge in [0.25, 0.3) is 0 Å². The highest BCUT2D eigenvalue weighted by molar-refractivity contribution is 4.92. The first-order valence-electron chi connectivity index (χ1n) is 4.87. The second-order valence-corrected chi connectivity index (χ2v) is 3.07. The summed E-state index contributed by atoms with van der Waals surface area (Å²) in [6.07, 6.45) is 3.19. The monoisotopic (exact) mass is 207 g/mol. The van der Waals surface area contributed by atoms with Crippen molar-refractivity contribution in [2.45, 2.75) is 26.6 Å². The molecule has 0 saturated heterocycles. The Kier molecular flexibility index (Phi) is 3.08. The Labute approximate surface area is 87.3 Å². The third kappa shape index (κ3) is 2.41. The van der Waals surface area contributed by atoms with Crippen molar-refractivity contribution >= 4 is 0 Å². The number of rotatable bonds is 5. The fourth-order valence-electron chi connectivity index (χ4n) is 1.32. The molecule has 2 rings (SSSR count). The first-order valence-corrected chi connectivity index (χ1v) is 4.87. The molecule has 0 radical (unpaired) electrons. The van der Waals surface area contributed by atoms with E-state index < -0.39 is 0 Å². The van der Waals surface area contributed by atoms with Crippen LogP contribution in [0.2, 0.25) is 0 Å². The Bertz CT molecular complexity index is 394. The van der Waals surface area contributed by atoms with Crippen LogP contribution in [0.1, 0.15) is 18.5 Å². The predicted octanol–water partition coefficient (Wildman–Crippen LogP) is 0.576. The van der Waals surface area contributed by atoms with E-state index in [9.17, 15) is 0 Å². The maximum absolute atomic E-state index is 4.95. The quantitative estimate of drug-likeness (QED) is 0.776. The highest BCUT2D eigenvalue weighted by Gasteiger charge is 2.02. The molecular weight excluding hydrogens is 194 g/mol. The summed E-state index contributed by atoms with van der Waals surface area (Å²) in [7, 11) is 0. The number of aryl methyl sites for hydroxylation is 1. The molecule has 2 aromatic rings. The van der Waals surface area contributed by atoms with E-state index in [-0.39, 0.29) is 0 Å². The van der Waals surface area contributed by atoms with E-state index in [4.69, 9.17) is 4.52 Å². The normalized spacial score (nSPS) is 10.7. The molecule has 0 fully saturated rings. The molecule has 2 heterocycles. The van der Waals surface area contributed by atoms with Gasteiger partial charge in [0.05, 0.1) is 19.3 Å². The number of hydrogen-bond donors (Lipinski definition) is 1. The molecule has 0 aromatic carbocycles. The van der Waals surface area contributed by atoms with Gasteiger partial charge in [-0.1, -0.05) is 5.16 Å². The van der Waals surface area contributed by atoms with E-state index >= 15 is 0 Å². The lowest BCUT2D eigenvalue weighted by Crippen LogP contribution is -2.16. The number of nitrogens with zero attached hydrogens (tertiary/aromatic N) is 4. The van der Waals surface area contributed by atoms with Gasteiger partial charge in [-0.25, -0.2) is 9.67 Å². The minimum absolute atomic E-state index is 0.649. The molecule has 0 spiro atoms. The maximum atomic E-state index is 4.95. The van der Waals surface area contributed by atoms with Gasteiger partial charge in [-0.2, -0.15) is 5.10 Å². The molecule has 0 aliphatic rings. The molecule has 6 heteroatoms. The van der Waals surface area contributed by atoms with Crippen molar-refractivity contribution in [2.24, 2.45) is 0 Å². The fourth-order valence-corrected chi connectivity index (χ4v) is 1.32. The van der Waals surface area contributed by atoms with E-state index in [1.807, 2.05) is 17.7 Å². The van der Waals surface area contributed by atoms with Crippen LogP contribution >= 0.6 is 0 Å². The molecule has 6 nitrogen and oxygen atoms in total. The van der Waals surface area contributed by atoms with Crippen LogP contribution in [-0.2, 0) is 19.6 Å². The molecule has 0 aliphatic carbocycles. The van der Waals surface area contributed by atoms with Crippen molar-refractivity contribution in [2.75, 3.05) is 0 Å². The molecule has 0 amide bonds. The minimum Gasteiger partial charge on any atom is -0.360 e. The van der Waals surface area contributed by atoms with Crippen LogP contribution in [0.25, 0.3) is 0 Å². The van der Waals surface area contributed by atoms with Gasteiger partial charge < -0.3 is 9.84 Å². The molecule has 15 heavy (non-hydrogen) atoms. The average molecular weight is 207 g/mol. The van der Waals surface area contributed by atoms with Gasteiger partial charge in [0, 0.05) is 12.6 Å². The van der Waals surface area contributed by atoms with Crippen LogP contribution in [0, 0.1) is 0 Å². The molecule has 1 N–H and O–H groups in total. The standard InChI is InChI=1S/C9H13N5O/c1-2-14-9(11-7-12-14)6-10-5-8-3-4-13-15-8/h3-4,7,10H,2,5-6H2,1H3. The van der Waals surface area contributed by atoms with Crippen molar-refractivity contribution < 1.29 is 4.52 Å². The Morgan fingerprint density at radius 1 is 1.47 bits per heavy atom. The van der Waals surface area contributed by atoms with Crippen LogP contribution in [0.3, 0.4) is 0 Å². The van der Waals surface area contributed by atoms with Crippen LogP contribution in [0.15, 0.2) is 23.1 Å². The van der Waals surface area contributed by atoms with Gasteiger partial charge in [0.2, 0.25) is 0 Å². The Morgan fingerprint density at radius 2 is 2.40 bits per heavy atom. The molecule has 0 aliphatic heterocycles. The molecule has 0 bridgehead atoms. The van der Waals surface area contributed by atoms with Crippen LogP contribution in [0.4, 0.5) is 0 Å². The van der Waals surface area contributed by atoms with Crippen molar-refractivity contribution in [3.8, 4) is 0 Å². The zero-order valence-electron chi connectivity index (χ0n) is 8.55. The first kappa shape index (κ1) is 9.85. The highest BCUT2D eigenvalue weighted by atomic mass is 16.5. The van der Waals surface area contributed by atoms with Crippen molar-refractivity contribution in [3.05, 3.63) is 30.2 Å². The van der Waals surface area contributed by atoms with Crippen LogP contribution < -0.4 is 5.32 Å². The number of aromatic nitrogens is 4. The van der Waals surface area contributed by atoms with Crippen LogP contribution in [0.5, 0.6) is 0 Å². The van der Waals surface area contributed by atoms with Gasteiger partial charge in [-0.15, -0.1) is 0 Å². The van der Waals surface area contributed by atoms with Crippen molar-refractivity contribution in [1.82, 2.24) is 25.2 Å². The van der Waals surface area contributed by atoms with E-state index in [0.29, 0.717) is 13.1 Å². The molecular formula is C9H13N5O. The Balaban J connectivity index is 1.83. The Morgan fingerprint density at radius 3 is 3.13 bits per heavy atom. The summed E-state index contributed by atoms with van der Waals surface area (Å²) in [5, 5.41) is 10.9. The molecule has 0 atom stereocenters. The smallest absolute Gasteiger partial charge is 0.150 e. The topological polar surface area (TPSA) is 68.8 Å². The summed E-state index contributed by atoms with van der Waals surface area (Å²) in [4.78, 5) is 4.15. The first-order chi connectivity index (χ1) is 7.40. The second-order valence-electron chi connectivity index (χ2n) is 3.07. The molecule has 2 aromatic heterocycles. The summed E-state index contributed by atoms with van der Waals surface area (Å²) in [5.74, 6) is 1.74. The Hall–Kier alpha value is -1.69. The number of hydrogen-bond acceptors (Lipinski definition) is 5.